The van der Waals surface area contributed by atoms with E-state index in [0.717, 1.165) is 0 Å². The highest BCUT2D eigenvalue weighted by molar-refractivity contribution is 5.47. The van der Waals surface area contributed by atoms with Crippen molar-refractivity contribution in [3.05, 3.63) is 46.0 Å². The second-order valence-corrected chi connectivity index (χ2v) is 5.37. The fourth-order valence-electron chi connectivity index (χ4n) is 3.17. The summed E-state index contributed by atoms with van der Waals surface area (Å²) in [5.41, 5.74) is 0.0591. The molecule has 1 aliphatic heterocycles. The molecule has 1 saturated carbocycles. The maximum Gasteiger partial charge on any atom is 0.396 e. The molecule has 0 bridgehead atoms. The van der Waals surface area contributed by atoms with Crippen molar-refractivity contribution in [3.8, 4) is 11.5 Å². The van der Waals surface area contributed by atoms with Crippen molar-refractivity contribution in [3.63, 3.8) is 0 Å². The van der Waals surface area contributed by atoms with Gasteiger partial charge in [0.15, 0.2) is 11.5 Å². The summed E-state index contributed by atoms with van der Waals surface area (Å²) in [6, 6.07) is 2.94. The number of alkyl halides is 3. The van der Waals surface area contributed by atoms with Crippen LogP contribution in [-0.2, 0) is 0 Å². The number of hydrogen-bond acceptors (Lipinski definition) is 4. The average molecular weight is 315 g/mol. The van der Waals surface area contributed by atoms with E-state index in [9.17, 15) is 23.3 Å². The van der Waals surface area contributed by atoms with E-state index < -0.39 is 29.0 Å². The molecule has 5 nitrogen and oxygen atoms in total. The first-order valence-electron chi connectivity index (χ1n) is 6.56. The van der Waals surface area contributed by atoms with Gasteiger partial charge >= 0.3 is 6.18 Å². The molecule has 0 amide bonds. The fourth-order valence-corrected chi connectivity index (χ4v) is 3.17. The van der Waals surface area contributed by atoms with Crippen LogP contribution in [-0.4, -0.2) is 23.9 Å². The molecule has 0 saturated heterocycles. The van der Waals surface area contributed by atoms with Crippen LogP contribution >= 0.6 is 0 Å². The monoisotopic (exact) mass is 315 g/mol. The van der Waals surface area contributed by atoms with Gasteiger partial charge in [0.25, 0.3) is 0 Å². The normalized spacial score (nSPS) is 27.2. The Kier molecular flexibility index (Phi) is 3.26. The Morgan fingerprint density at radius 1 is 1.27 bits per heavy atom. The molecule has 0 radical (unpaired) electrons. The van der Waals surface area contributed by atoms with E-state index in [0.29, 0.717) is 11.5 Å². The van der Waals surface area contributed by atoms with E-state index in [1.165, 1.54) is 18.2 Å². The maximum atomic E-state index is 13.3. The molecule has 0 aromatic heterocycles. The first kappa shape index (κ1) is 14.7. The Balaban J connectivity index is 2.06. The predicted octanol–water partition coefficient (Wildman–Crippen LogP) is 3.28. The van der Waals surface area contributed by atoms with Gasteiger partial charge in [-0.2, -0.15) is 13.2 Å². The van der Waals surface area contributed by atoms with Gasteiger partial charge in [-0.25, -0.2) is 0 Å². The van der Waals surface area contributed by atoms with Gasteiger partial charge in [0.1, 0.15) is 0 Å². The summed E-state index contributed by atoms with van der Waals surface area (Å²) in [5.74, 6) is -2.51. The highest BCUT2D eigenvalue weighted by atomic mass is 19.4. The van der Waals surface area contributed by atoms with Crippen LogP contribution in [0.2, 0.25) is 0 Å². The number of rotatable bonds is 2. The molecule has 2 aliphatic rings. The van der Waals surface area contributed by atoms with Gasteiger partial charge in [-0.1, -0.05) is 18.2 Å². The number of ether oxygens (including phenoxy) is 2. The van der Waals surface area contributed by atoms with Gasteiger partial charge in [-0.15, -0.1) is 0 Å². The number of fused-ring (bicyclic) bond motifs is 1. The maximum absolute atomic E-state index is 13.3. The number of benzene rings is 1. The van der Waals surface area contributed by atoms with E-state index in [4.69, 9.17) is 9.47 Å². The number of hydrogen-bond donors (Lipinski definition) is 0. The van der Waals surface area contributed by atoms with Crippen LogP contribution in [0.25, 0.3) is 0 Å². The molecule has 1 aliphatic carbocycles. The van der Waals surface area contributed by atoms with Crippen molar-refractivity contribution in [1.82, 2.24) is 0 Å². The smallest absolute Gasteiger partial charge is 0.396 e. The first-order chi connectivity index (χ1) is 10.3. The average Bonchev–Trinajstić information content (AvgIpc) is 3.00. The number of nitrogens with zero attached hydrogens (tertiary/aromatic N) is 1. The zero-order chi connectivity index (χ0) is 16.1. The summed E-state index contributed by atoms with van der Waals surface area (Å²) in [4.78, 5) is 10.5. The minimum atomic E-state index is -4.58. The summed E-state index contributed by atoms with van der Waals surface area (Å²) >= 11 is 0. The molecule has 3 atom stereocenters. The molecule has 0 N–H and O–H groups in total. The van der Waals surface area contributed by atoms with E-state index in [2.05, 4.69) is 6.58 Å². The van der Waals surface area contributed by atoms with Crippen molar-refractivity contribution in [2.24, 2.45) is 5.92 Å². The third-order valence-electron chi connectivity index (χ3n) is 4.09. The SMILES string of the molecule is C=C1C[C@H]([N+](=O)[O-])[C@@H](c2ccc3c(c2)OCO3)[C@H]1C(F)(F)F. The Morgan fingerprint density at radius 2 is 1.95 bits per heavy atom. The van der Waals surface area contributed by atoms with Crippen LogP contribution in [0.3, 0.4) is 0 Å². The Labute approximate surface area is 123 Å². The third kappa shape index (κ3) is 2.28. The second-order valence-electron chi connectivity index (χ2n) is 5.37. The highest BCUT2D eigenvalue weighted by Gasteiger charge is 2.58. The molecule has 0 spiro atoms. The zero-order valence-corrected chi connectivity index (χ0v) is 11.3. The summed E-state index contributed by atoms with van der Waals surface area (Å²) in [6.07, 6.45) is -4.86. The van der Waals surface area contributed by atoms with E-state index in [-0.39, 0.29) is 24.4 Å². The van der Waals surface area contributed by atoms with Crippen LogP contribution < -0.4 is 9.47 Å². The molecule has 1 aromatic carbocycles. The molecule has 22 heavy (non-hydrogen) atoms. The lowest BCUT2D eigenvalue weighted by atomic mass is 9.85. The Hall–Kier alpha value is -2.25. The summed E-state index contributed by atoms with van der Waals surface area (Å²) < 4.78 is 50.2. The lowest BCUT2D eigenvalue weighted by molar-refractivity contribution is -0.524. The largest absolute Gasteiger partial charge is 0.454 e. The minimum absolute atomic E-state index is 0.0163. The molecule has 8 heteroatoms. The third-order valence-corrected chi connectivity index (χ3v) is 4.09. The first-order valence-corrected chi connectivity index (χ1v) is 6.56. The van der Waals surface area contributed by atoms with Gasteiger partial charge in [-0.3, -0.25) is 10.1 Å². The standard InChI is InChI=1S/C14H12F3NO4/c1-7-4-9(18(19)20)12(13(7)14(15,16)17)8-2-3-10-11(5-8)22-6-21-10/h2-3,5,9,12-13H,1,4,6H2/t9-,12+,13-/m0/s1. The molecular formula is C14H12F3NO4. The van der Waals surface area contributed by atoms with E-state index in [1.807, 2.05) is 0 Å². The number of halogens is 3. The lowest BCUT2D eigenvalue weighted by Gasteiger charge is -2.24. The molecule has 0 unspecified atom stereocenters. The fraction of sp³-hybridized carbons (Fsp3) is 0.429. The van der Waals surface area contributed by atoms with Crippen LogP contribution in [0, 0.1) is 16.0 Å². The van der Waals surface area contributed by atoms with Gasteiger partial charge in [-0.05, 0) is 17.7 Å². The molecule has 118 valence electrons. The summed E-state index contributed by atoms with van der Waals surface area (Å²) in [5, 5.41) is 11.2. The quantitative estimate of drug-likeness (QED) is 0.477. The molecule has 1 aromatic rings. The van der Waals surface area contributed by atoms with Gasteiger partial charge < -0.3 is 9.47 Å². The Morgan fingerprint density at radius 3 is 2.59 bits per heavy atom. The van der Waals surface area contributed by atoms with Crippen molar-refractivity contribution >= 4 is 0 Å². The van der Waals surface area contributed by atoms with Crippen LogP contribution in [0.5, 0.6) is 11.5 Å². The van der Waals surface area contributed by atoms with Crippen molar-refractivity contribution in [2.75, 3.05) is 6.79 Å². The van der Waals surface area contributed by atoms with Gasteiger partial charge in [0.2, 0.25) is 12.8 Å². The lowest BCUT2D eigenvalue weighted by Crippen LogP contribution is -2.32. The summed E-state index contributed by atoms with van der Waals surface area (Å²) in [6.45, 7) is 3.39. The minimum Gasteiger partial charge on any atom is -0.454 e. The van der Waals surface area contributed by atoms with Gasteiger partial charge in [0.05, 0.1) is 11.8 Å². The van der Waals surface area contributed by atoms with Crippen LogP contribution in [0.4, 0.5) is 13.2 Å². The van der Waals surface area contributed by atoms with Crippen LogP contribution in [0.15, 0.2) is 30.4 Å². The zero-order valence-electron chi connectivity index (χ0n) is 11.3. The van der Waals surface area contributed by atoms with E-state index in [1.54, 1.807) is 0 Å². The number of nitro groups is 1. The van der Waals surface area contributed by atoms with Crippen molar-refractivity contribution in [2.45, 2.75) is 24.6 Å². The van der Waals surface area contributed by atoms with E-state index >= 15 is 0 Å². The molecule has 3 rings (SSSR count). The molecule has 1 heterocycles. The van der Waals surface area contributed by atoms with Crippen molar-refractivity contribution in [1.29, 1.82) is 0 Å². The highest BCUT2D eigenvalue weighted by Crippen LogP contribution is 2.52. The van der Waals surface area contributed by atoms with Crippen molar-refractivity contribution < 1.29 is 27.6 Å². The molecular weight excluding hydrogens is 303 g/mol. The van der Waals surface area contributed by atoms with Crippen LogP contribution in [0.1, 0.15) is 17.9 Å². The summed E-state index contributed by atoms with van der Waals surface area (Å²) in [7, 11) is 0. The Bertz CT molecular complexity index is 643. The topological polar surface area (TPSA) is 61.6 Å². The molecule has 1 fully saturated rings. The van der Waals surface area contributed by atoms with Gasteiger partial charge in [0, 0.05) is 11.3 Å². The second kappa shape index (κ2) is 4.89. The predicted molar refractivity (Wildman–Crippen MR) is 69.4 cm³/mol.